The van der Waals surface area contributed by atoms with Crippen molar-refractivity contribution in [3.8, 4) is 5.75 Å². The lowest BCUT2D eigenvalue weighted by Gasteiger charge is -2.30. The van der Waals surface area contributed by atoms with Gasteiger partial charge in [0.2, 0.25) is 5.90 Å². The lowest BCUT2D eigenvalue weighted by molar-refractivity contribution is -0.128. The first kappa shape index (κ1) is 27.7. The Morgan fingerprint density at radius 1 is 1.27 bits per heavy atom. The molecule has 2 aromatic carbocycles. The molecule has 196 valence electrons. The zero-order valence-corrected chi connectivity index (χ0v) is 21.0. The molecule has 2 atom stereocenters. The molecule has 2 N–H and O–H groups in total. The average molecular weight is 508 g/mol. The zero-order valence-electron chi connectivity index (χ0n) is 21.0. The third-order valence-corrected chi connectivity index (χ3v) is 5.94. The van der Waals surface area contributed by atoms with Crippen molar-refractivity contribution in [2.75, 3.05) is 33.5 Å². The second-order valence-corrected chi connectivity index (χ2v) is 8.47. The Morgan fingerprint density at radius 3 is 2.76 bits per heavy atom. The van der Waals surface area contributed by atoms with Gasteiger partial charge >= 0.3 is 0 Å². The van der Waals surface area contributed by atoms with E-state index in [-0.39, 0.29) is 25.5 Å². The molecule has 0 radical (unpaired) electrons. The number of nitrogens with zero attached hydrogens (tertiary/aromatic N) is 4. The summed E-state index contributed by atoms with van der Waals surface area (Å²) in [4.78, 5) is 21.4. The summed E-state index contributed by atoms with van der Waals surface area (Å²) in [6, 6.07) is 14.6. The maximum absolute atomic E-state index is 13.7. The number of rotatable bonds is 15. The molecule has 0 saturated carbocycles. The fourth-order valence-corrected chi connectivity index (χ4v) is 4.13. The number of azide groups is 1. The highest BCUT2D eigenvalue weighted by Crippen LogP contribution is 2.44. The summed E-state index contributed by atoms with van der Waals surface area (Å²) in [5.74, 6) is 0.686. The van der Waals surface area contributed by atoms with Crippen molar-refractivity contribution >= 4 is 11.8 Å². The number of amides is 1. The number of nitrogens with one attached hydrogen (secondary N) is 1. The van der Waals surface area contributed by atoms with Gasteiger partial charge in [-0.05, 0) is 47.3 Å². The largest absolute Gasteiger partial charge is 0.494 e. The second kappa shape index (κ2) is 14.0. The number of carbonyl (C=O) groups excluding carboxylic acids is 1. The molecule has 1 amide bonds. The van der Waals surface area contributed by atoms with E-state index in [0.29, 0.717) is 55.4 Å². The molecule has 2 aromatic rings. The monoisotopic (exact) mass is 507 g/mol. The van der Waals surface area contributed by atoms with E-state index in [1.54, 1.807) is 25.3 Å². The van der Waals surface area contributed by atoms with Crippen LogP contribution in [0.1, 0.15) is 42.1 Å². The minimum Gasteiger partial charge on any atom is -0.494 e. The second-order valence-electron chi connectivity index (χ2n) is 8.47. The van der Waals surface area contributed by atoms with Gasteiger partial charge in [0.15, 0.2) is 11.6 Å². The molecular weight excluding hydrogens is 474 g/mol. The molecule has 1 heterocycles. The van der Waals surface area contributed by atoms with Gasteiger partial charge in [0.25, 0.3) is 5.91 Å². The Morgan fingerprint density at radius 2 is 2.05 bits per heavy atom. The van der Waals surface area contributed by atoms with Crippen LogP contribution in [0.15, 0.2) is 71.3 Å². The first-order chi connectivity index (χ1) is 18.1. The molecule has 0 fully saturated rings. The lowest BCUT2D eigenvalue weighted by Crippen LogP contribution is -2.48. The molecule has 0 aliphatic carbocycles. The number of aliphatic imine (C=N–C) groups is 1. The Bertz CT molecular complexity index is 1130. The van der Waals surface area contributed by atoms with Crippen LogP contribution in [-0.4, -0.2) is 55.9 Å². The minimum atomic E-state index is -1.31. The summed E-state index contributed by atoms with van der Waals surface area (Å²) in [6.07, 6.45) is 2.31. The van der Waals surface area contributed by atoms with Crippen LogP contribution in [0.5, 0.6) is 5.75 Å². The summed E-state index contributed by atoms with van der Waals surface area (Å²) in [7, 11) is 1.61. The predicted octanol–water partition coefficient (Wildman–Crippen LogP) is 4.24. The maximum atomic E-state index is 13.7. The number of carbonyl (C=O) groups is 1. The van der Waals surface area contributed by atoms with Gasteiger partial charge < -0.3 is 24.6 Å². The standard InChI is InChI=1S/C27H33N5O5/c1-3-14-27(26(34)29-15-6-17-35-2)24(23-9-5-4-8-21(23)19-30-32-28)37-25(31-27)20-10-12-22(13-11-20)36-18-7-16-33/h3-5,8-13,24,33H,1,6-7,14-19H2,2H3,(H,29,34)/t24-,27-/m0/s1. The van der Waals surface area contributed by atoms with Crippen molar-refractivity contribution in [2.45, 2.75) is 37.5 Å². The Labute approximate surface area is 216 Å². The summed E-state index contributed by atoms with van der Waals surface area (Å²) < 4.78 is 17.1. The van der Waals surface area contributed by atoms with Gasteiger partial charge in [-0.15, -0.1) is 6.58 Å². The van der Waals surface area contributed by atoms with Crippen molar-refractivity contribution in [2.24, 2.45) is 10.1 Å². The van der Waals surface area contributed by atoms with Crippen molar-refractivity contribution in [3.05, 3.63) is 88.3 Å². The Balaban J connectivity index is 2.00. The van der Waals surface area contributed by atoms with Crippen molar-refractivity contribution in [1.29, 1.82) is 0 Å². The molecule has 10 heteroatoms. The number of methoxy groups -OCH3 is 1. The molecule has 0 bridgehead atoms. The van der Waals surface area contributed by atoms with E-state index in [0.717, 1.165) is 5.56 Å². The number of aliphatic hydroxyl groups is 1. The first-order valence-corrected chi connectivity index (χ1v) is 12.2. The van der Waals surface area contributed by atoms with Crippen LogP contribution < -0.4 is 10.1 Å². The van der Waals surface area contributed by atoms with Crippen LogP contribution in [0.3, 0.4) is 0 Å². The first-order valence-electron chi connectivity index (χ1n) is 12.2. The highest BCUT2D eigenvalue weighted by molar-refractivity contribution is 6.01. The van der Waals surface area contributed by atoms with Gasteiger partial charge in [0.1, 0.15) is 5.75 Å². The topological polar surface area (TPSA) is 138 Å². The van der Waals surface area contributed by atoms with E-state index < -0.39 is 11.6 Å². The SMILES string of the molecule is C=CC[C@]1(C(=O)NCCCOC)N=C(c2ccc(OCCCO)cc2)O[C@H]1c1ccccc1CN=[N+]=[N-]. The molecule has 1 aliphatic heterocycles. The number of ether oxygens (including phenoxy) is 3. The van der Waals surface area contributed by atoms with Gasteiger partial charge in [-0.25, -0.2) is 4.99 Å². The van der Waals surface area contributed by atoms with Crippen molar-refractivity contribution < 1.29 is 24.1 Å². The number of aliphatic hydroxyl groups excluding tert-OH is 1. The van der Waals surface area contributed by atoms with E-state index >= 15 is 0 Å². The van der Waals surface area contributed by atoms with Crippen LogP contribution in [0.2, 0.25) is 0 Å². The molecule has 0 unspecified atom stereocenters. The molecule has 1 aliphatic rings. The number of hydrogen-bond acceptors (Lipinski definition) is 7. The van der Waals surface area contributed by atoms with Crippen molar-refractivity contribution in [3.63, 3.8) is 0 Å². The van der Waals surface area contributed by atoms with Gasteiger partial charge in [-0.1, -0.05) is 35.5 Å². The normalized spacial score (nSPS) is 18.3. The van der Waals surface area contributed by atoms with E-state index in [2.05, 4.69) is 21.9 Å². The fourth-order valence-electron chi connectivity index (χ4n) is 4.13. The molecule has 0 aromatic heterocycles. The van der Waals surface area contributed by atoms with Crippen LogP contribution in [-0.2, 0) is 20.8 Å². The Kier molecular flexibility index (Phi) is 10.5. The van der Waals surface area contributed by atoms with Crippen LogP contribution >= 0.6 is 0 Å². The van der Waals surface area contributed by atoms with Crippen LogP contribution in [0.25, 0.3) is 10.4 Å². The summed E-state index contributed by atoms with van der Waals surface area (Å²) >= 11 is 0. The number of hydrogen-bond donors (Lipinski definition) is 2. The van der Waals surface area contributed by atoms with E-state index in [9.17, 15) is 4.79 Å². The van der Waals surface area contributed by atoms with Gasteiger partial charge in [-0.2, -0.15) is 0 Å². The van der Waals surface area contributed by atoms with Gasteiger partial charge in [-0.3, -0.25) is 4.79 Å². The summed E-state index contributed by atoms with van der Waals surface area (Å²) in [5.41, 5.74) is 9.71. The lowest BCUT2D eigenvalue weighted by atomic mass is 9.82. The molecule has 37 heavy (non-hydrogen) atoms. The predicted molar refractivity (Wildman–Crippen MR) is 140 cm³/mol. The Hall–Kier alpha value is -3.85. The molecule has 0 saturated heterocycles. The highest BCUT2D eigenvalue weighted by Gasteiger charge is 2.52. The number of benzene rings is 2. The third-order valence-electron chi connectivity index (χ3n) is 5.94. The fraction of sp³-hybridized carbons (Fsp3) is 0.407. The third kappa shape index (κ3) is 6.89. The molecular formula is C27H33N5O5. The van der Waals surface area contributed by atoms with Gasteiger partial charge in [0, 0.05) is 50.2 Å². The molecule has 10 nitrogen and oxygen atoms in total. The quantitative estimate of drug-likeness (QED) is 0.122. The van der Waals surface area contributed by atoms with Gasteiger partial charge in [0.05, 0.1) is 13.2 Å². The molecule has 3 rings (SSSR count). The highest BCUT2D eigenvalue weighted by atomic mass is 16.5. The van der Waals surface area contributed by atoms with E-state index in [1.165, 1.54) is 0 Å². The minimum absolute atomic E-state index is 0.0597. The maximum Gasteiger partial charge on any atom is 0.252 e. The van der Waals surface area contributed by atoms with E-state index in [4.69, 9.17) is 29.8 Å². The van der Waals surface area contributed by atoms with E-state index in [1.807, 2.05) is 36.4 Å². The zero-order chi connectivity index (χ0) is 26.5. The van der Waals surface area contributed by atoms with Crippen molar-refractivity contribution in [1.82, 2.24) is 5.32 Å². The molecule has 0 spiro atoms. The summed E-state index contributed by atoms with van der Waals surface area (Å²) in [6.45, 7) is 5.40. The van der Waals surface area contributed by atoms with Crippen LogP contribution in [0, 0.1) is 0 Å². The summed E-state index contributed by atoms with van der Waals surface area (Å²) in [5, 5.41) is 15.7. The van der Waals surface area contributed by atoms with Crippen LogP contribution in [0.4, 0.5) is 0 Å². The average Bonchev–Trinajstić information content (AvgIpc) is 3.31. The smallest absolute Gasteiger partial charge is 0.252 e.